The Morgan fingerprint density at radius 2 is 2.00 bits per heavy atom. The topological polar surface area (TPSA) is 23.5 Å². The van der Waals surface area contributed by atoms with Gasteiger partial charge in [0.05, 0.1) is 0 Å². The molecule has 1 saturated carbocycles. The van der Waals surface area contributed by atoms with Gasteiger partial charge in [-0.2, -0.15) is 0 Å². The van der Waals surface area contributed by atoms with Crippen molar-refractivity contribution in [3.8, 4) is 0 Å². The molecule has 1 N–H and O–H groups in total. The monoisotopic (exact) mass is 213 g/mol. The fourth-order valence-corrected chi connectivity index (χ4v) is 3.02. The van der Waals surface area contributed by atoms with Crippen LogP contribution in [0.1, 0.15) is 59.3 Å². The van der Waals surface area contributed by atoms with E-state index in [4.69, 9.17) is 0 Å². The molecule has 15 heavy (non-hydrogen) atoms. The molecule has 0 heterocycles. The largest absolute Gasteiger partial charge is 0.378 e. The minimum absolute atomic E-state index is 0.211. The molecule has 0 bridgehead atoms. The molecule has 0 saturated heterocycles. The maximum atomic E-state index is 10.1. The van der Waals surface area contributed by atoms with E-state index in [2.05, 4.69) is 25.7 Å². The van der Waals surface area contributed by atoms with Crippen LogP contribution in [-0.4, -0.2) is 28.8 Å². The fourth-order valence-electron chi connectivity index (χ4n) is 3.02. The zero-order chi connectivity index (χ0) is 11.3. The lowest BCUT2D eigenvalue weighted by Crippen LogP contribution is -2.44. The highest BCUT2D eigenvalue weighted by Crippen LogP contribution is 2.33. The Morgan fingerprint density at radius 3 is 2.53 bits per heavy atom. The Morgan fingerprint density at radius 1 is 1.27 bits per heavy atom. The van der Waals surface area contributed by atoms with Gasteiger partial charge in [0.15, 0.2) is 0 Å². The fraction of sp³-hybridized carbons (Fsp3) is 1.00. The average molecular weight is 213 g/mol. The second kappa shape index (κ2) is 6.49. The Hall–Kier alpha value is -0.0800. The second-order valence-electron chi connectivity index (χ2n) is 4.77. The van der Waals surface area contributed by atoms with Crippen LogP contribution in [0.4, 0.5) is 0 Å². The molecule has 2 nitrogen and oxygen atoms in total. The highest BCUT2D eigenvalue weighted by molar-refractivity contribution is 4.85. The highest BCUT2D eigenvalue weighted by Gasteiger charge is 2.32. The lowest BCUT2D eigenvalue weighted by molar-refractivity contribution is -0.0373. The number of aliphatic hydroxyl groups excluding tert-OH is 1. The Labute approximate surface area is 94.7 Å². The number of nitrogens with zero attached hydrogens (tertiary/aromatic N) is 1. The zero-order valence-corrected chi connectivity index (χ0v) is 10.6. The van der Waals surface area contributed by atoms with Crippen molar-refractivity contribution in [3.63, 3.8) is 0 Å². The molecule has 1 fully saturated rings. The molecule has 3 atom stereocenters. The van der Waals surface area contributed by atoms with Crippen molar-refractivity contribution >= 4 is 0 Å². The van der Waals surface area contributed by atoms with Gasteiger partial charge in [0.1, 0.15) is 6.23 Å². The first-order valence-electron chi connectivity index (χ1n) is 6.68. The molecular formula is C13H27NO. The zero-order valence-electron chi connectivity index (χ0n) is 10.6. The first kappa shape index (κ1) is 13.0. The number of hydrogen-bond acceptors (Lipinski definition) is 2. The van der Waals surface area contributed by atoms with E-state index in [1.54, 1.807) is 0 Å². The number of rotatable bonds is 6. The van der Waals surface area contributed by atoms with Crippen LogP contribution in [0.3, 0.4) is 0 Å². The molecule has 1 rings (SSSR count). The molecule has 0 spiro atoms. The molecule has 0 aromatic carbocycles. The first-order chi connectivity index (χ1) is 7.24. The third-order valence-corrected chi connectivity index (χ3v) is 3.86. The Balaban J connectivity index is 2.56. The van der Waals surface area contributed by atoms with Gasteiger partial charge in [-0.15, -0.1) is 0 Å². The normalized spacial score (nSPS) is 28.6. The van der Waals surface area contributed by atoms with Gasteiger partial charge < -0.3 is 5.11 Å². The molecule has 0 aromatic rings. The summed E-state index contributed by atoms with van der Waals surface area (Å²) in [6, 6.07) is 0.640. The maximum Gasteiger partial charge on any atom is 0.107 e. The highest BCUT2D eigenvalue weighted by atomic mass is 16.3. The van der Waals surface area contributed by atoms with Gasteiger partial charge in [0.25, 0.3) is 0 Å². The van der Waals surface area contributed by atoms with Gasteiger partial charge in [-0.3, -0.25) is 4.90 Å². The van der Waals surface area contributed by atoms with E-state index >= 15 is 0 Å². The minimum atomic E-state index is -0.211. The van der Waals surface area contributed by atoms with Gasteiger partial charge in [-0.25, -0.2) is 0 Å². The summed E-state index contributed by atoms with van der Waals surface area (Å²) in [4.78, 5) is 2.32. The molecule has 90 valence electrons. The van der Waals surface area contributed by atoms with E-state index in [1.165, 1.54) is 25.7 Å². The van der Waals surface area contributed by atoms with E-state index in [-0.39, 0.29) is 6.23 Å². The van der Waals surface area contributed by atoms with E-state index in [0.717, 1.165) is 25.3 Å². The first-order valence-corrected chi connectivity index (χ1v) is 6.68. The summed E-state index contributed by atoms with van der Waals surface area (Å²) in [5.41, 5.74) is 0. The summed E-state index contributed by atoms with van der Waals surface area (Å²) >= 11 is 0. The minimum Gasteiger partial charge on any atom is -0.378 e. The van der Waals surface area contributed by atoms with Crippen LogP contribution in [0.15, 0.2) is 0 Å². The van der Waals surface area contributed by atoms with Crippen molar-refractivity contribution in [3.05, 3.63) is 0 Å². The molecule has 1 aliphatic carbocycles. The summed E-state index contributed by atoms with van der Waals surface area (Å²) in [5, 5.41) is 10.1. The number of aliphatic hydroxyl groups is 1. The van der Waals surface area contributed by atoms with Crippen LogP contribution >= 0.6 is 0 Å². The molecule has 1 aliphatic rings. The molecule has 0 aliphatic heterocycles. The van der Waals surface area contributed by atoms with Crippen LogP contribution in [0.25, 0.3) is 0 Å². The quantitative estimate of drug-likeness (QED) is 0.686. The molecule has 0 aromatic heterocycles. The molecule has 0 amide bonds. The van der Waals surface area contributed by atoms with Crippen molar-refractivity contribution in [2.75, 3.05) is 6.54 Å². The summed E-state index contributed by atoms with van der Waals surface area (Å²) in [7, 11) is 0. The lowest BCUT2D eigenvalue weighted by Gasteiger charge is -2.35. The predicted octanol–water partition coefficient (Wildman–Crippen LogP) is 3.01. The summed E-state index contributed by atoms with van der Waals surface area (Å²) in [6.45, 7) is 7.58. The van der Waals surface area contributed by atoms with Crippen LogP contribution in [0, 0.1) is 5.92 Å². The predicted molar refractivity (Wildman–Crippen MR) is 64.7 cm³/mol. The van der Waals surface area contributed by atoms with E-state index in [1.807, 2.05) is 0 Å². The van der Waals surface area contributed by atoms with Gasteiger partial charge in [0, 0.05) is 6.04 Å². The van der Waals surface area contributed by atoms with Gasteiger partial charge in [-0.1, -0.05) is 40.0 Å². The van der Waals surface area contributed by atoms with Crippen molar-refractivity contribution in [1.29, 1.82) is 0 Å². The summed E-state index contributed by atoms with van der Waals surface area (Å²) in [6.07, 6.45) is 7.03. The molecule has 2 heteroatoms. The van der Waals surface area contributed by atoms with Gasteiger partial charge >= 0.3 is 0 Å². The molecular weight excluding hydrogens is 186 g/mol. The third-order valence-electron chi connectivity index (χ3n) is 3.86. The van der Waals surface area contributed by atoms with Crippen LogP contribution in [-0.2, 0) is 0 Å². The van der Waals surface area contributed by atoms with Crippen molar-refractivity contribution in [2.24, 2.45) is 5.92 Å². The third kappa shape index (κ3) is 3.18. The average Bonchev–Trinajstić information content (AvgIpc) is 2.67. The smallest absolute Gasteiger partial charge is 0.107 e. The Kier molecular flexibility index (Phi) is 5.62. The van der Waals surface area contributed by atoms with Gasteiger partial charge in [0.2, 0.25) is 0 Å². The van der Waals surface area contributed by atoms with Gasteiger partial charge in [-0.05, 0) is 31.7 Å². The maximum absolute atomic E-state index is 10.1. The van der Waals surface area contributed by atoms with Crippen molar-refractivity contribution in [2.45, 2.75) is 71.6 Å². The van der Waals surface area contributed by atoms with E-state index in [9.17, 15) is 5.11 Å². The summed E-state index contributed by atoms with van der Waals surface area (Å²) in [5.74, 6) is 0.816. The van der Waals surface area contributed by atoms with E-state index < -0.39 is 0 Å². The van der Waals surface area contributed by atoms with Crippen LogP contribution < -0.4 is 0 Å². The summed E-state index contributed by atoms with van der Waals surface area (Å²) < 4.78 is 0. The standard InChI is InChI=1S/C13H27NO/c1-4-8-13(15)14(6-3)12-10-7-9-11(12)5-2/h11-13,15H,4-10H2,1-3H3. The molecule has 0 radical (unpaired) electrons. The van der Waals surface area contributed by atoms with Crippen LogP contribution in [0.5, 0.6) is 0 Å². The van der Waals surface area contributed by atoms with Crippen LogP contribution in [0.2, 0.25) is 0 Å². The second-order valence-corrected chi connectivity index (χ2v) is 4.77. The Bertz CT molecular complexity index is 172. The number of hydrogen-bond donors (Lipinski definition) is 1. The van der Waals surface area contributed by atoms with Crippen molar-refractivity contribution < 1.29 is 5.11 Å². The lowest BCUT2D eigenvalue weighted by atomic mass is 9.98. The van der Waals surface area contributed by atoms with E-state index in [0.29, 0.717) is 6.04 Å². The van der Waals surface area contributed by atoms with Crippen molar-refractivity contribution in [1.82, 2.24) is 4.90 Å². The molecule has 3 unspecified atom stereocenters. The SMILES string of the molecule is CCCC(O)N(CC)C1CCCC1CC.